The molecule has 1 heterocycles. The molecule has 0 atom stereocenters. The summed E-state index contributed by atoms with van der Waals surface area (Å²) < 4.78 is 40.1. The van der Waals surface area contributed by atoms with Crippen molar-refractivity contribution in [2.75, 3.05) is 13.2 Å². The fraction of sp³-hybridized carbons (Fsp3) is 0.300. The van der Waals surface area contributed by atoms with Gasteiger partial charge in [0.25, 0.3) is 5.91 Å². The number of rotatable bonds is 5. The molecule has 0 saturated heterocycles. The molecule has 1 aromatic rings. The van der Waals surface area contributed by atoms with Gasteiger partial charge in [0.1, 0.15) is 6.54 Å². The summed E-state index contributed by atoms with van der Waals surface area (Å²) in [6.45, 7) is -2.12. The van der Waals surface area contributed by atoms with Crippen LogP contribution in [0.1, 0.15) is 10.4 Å². The van der Waals surface area contributed by atoms with Crippen molar-refractivity contribution in [1.82, 2.24) is 10.3 Å². The number of nitrogens with one attached hydrogen (secondary N) is 1. The summed E-state index contributed by atoms with van der Waals surface area (Å²) in [4.78, 5) is 25.2. The molecule has 0 radical (unpaired) electrons. The summed E-state index contributed by atoms with van der Waals surface area (Å²) in [5, 5.41) is 10.4. The van der Waals surface area contributed by atoms with Gasteiger partial charge in [0, 0.05) is 17.8 Å². The third-order valence-corrected chi connectivity index (χ3v) is 1.78. The van der Waals surface area contributed by atoms with Gasteiger partial charge < -0.3 is 15.2 Å². The second-order valence-electron chi connectivity index (χ2n) is 3.36. The molecule has 0 aliphatic heterocycles. The largest absolute Gasteiger partial charge is 0.480 e. The van der Waals surface area contributed by atoms with E-state index in [4.69, 9.17) is 5.11 Å². The number of carbonyl (C=O) groups excluding carboxylic acids is 1. The van der Waals surface area contributed by atoms with Crippen LogP contribution < -0.4 is 10.1 Å². The Bertz CT molecular complexity index is 476. The van der Waals surface area contributed by atoms with Crippen molar-refractivity contribution in [2.24, 2.45) is 0 Å². The van der Waals surface area contributed by atoms with E-state index in [2.05, 4.69) is 15.0 Å². The van der Waals surface area contributed by atoms with E-state index in [0.29, 0.717) is 0 Å². The van der Waals surface area contributed by atoms with Crippen LogP contribution in [0.15, 0.2) is 18.3 Å². The quantitative estimate of drug-likeness (QED) is 0.833. The molecule has 0 bridgehead atoms. The number of hydrogen-bond donors (Lipinski definition) is 2. The van der Waals surface area contributed by atoms with E-state index in [1.165, 1.54) is 6.07 Å². The Morgan fingerprint density at radius 2 is 2.11 bits per heavy atom. The van der Waals surface area contributed by atoms with Crippen molar-refractivity contribution in [2.45, 2.75) is 6.18 Å². The maximum Gasteiger partial charge on any atom is 0.422 e. The average molecular weight is 278 g/mol. The highest BCUT2D eigenvalue weighted by Crippen LogP contribution is 2.17. The fourth-order valence-corrected chi connectivity index (χ4v) is 1.04. The van der Waals surface area contributed by atoms with Gasteiger partial charge in [-0.15, -0.1) is 0 Å². The SMILES string of the molecule is O=C(O)CNC(=O)c1ccnc(OCC(F)(F)F)c1. The first kappa shape index (κ1) is 14.7. The first-order valence-corrected chi connectivity index (χ1v) is 4.93. The molecule has 6 nitrogen and oxygen atoms in total. The number of ether oxygens (including phenoxy) is 1. The Balaban J connectivity index is 2.66. The van der Waals surface area contributed by atoms with Gasteiger partial charge in [-0.1, -0.05) is 0 Å². The number of amides is 1. The van der Waals surface area contributed by atoms with Gasteiger partial charge in [0.05, 0.1) is 0 Å². The Morgan fingerprint density at radius 3 is 2.68 bits per heavy atom. The van der Waals surface area contributed by atoms with E-state index in [1.807, 2.05) is 0 Å². The van der Waals surface area contributed by atoms with Crippen LogP contribution >= 0.6 is 0 Å². The lowest BCUT2D eigenvalue weighted by Gasteiger charge is -2.09. The Labute approximate surface area is 105 Å². The van der Waals surface area contributed by atoms with Crippen molar-refractivity contribution in [1.29, 1.82) is 0 Å². The molecular formula is C10H9F3N2O4. The monoisotopic (exact) mass is 278 g/mol. The summed E-state index contributed by atoms with van der Waals surface area (Å²) in [5.41, 5.74) is -0.0478. The number of carbonyl (C=O) groups is 2. The second-order valence-corrected chi connectivity index (χ2v) is 3.36. The molecule has 1 amide bonds. The van der Waals surface area contributed by atoms with Crippen molar-refractivity contribution in [3.05, 3.63) is 23.9 Å². The second kappa shape index (κ2) is 6.03. The minimum Gasteiger partial charge on any atom is -0.480 e. The Morgan fingerprint density at radius 1 is 1.42 bits per heavy atom. The number of carboxylic acid groups (broad SMARTS) is 1. The van der Waals surface area contributed by atoms with Crippen LogP contribution in [-0.2, 0) is 4.79 Å². The third-order valence-electron chi connectivity index (χ3n) is 1.78. The van der Waals surface area contributed by atoms with Crippen molar-refractivity contribution >= 4 is 11.9 Å². The molecule has 2 N–H and O–H groups in total. The standard InChI is InChI=1S/C10H9F3N2O4/c11-10(12,13)5-19-7-3-6(1-2-14-7)9(18)15-4-8(16)17/h1-3H,4-5H2,(H,15,18)(H,16,17). The van der Waals surface area contributed by atoms with E-state index < -0.39 is 31.2 Å². The summed E-state index contributed by atoms with van der Waals surface area (Å²) in [6.07, 6.45) is -3.43. The molecular weight excluding hydrogens is 269 g/mol. The van der Waals surface area contributed by atoms with E-state index in [9.17, 15) is 22.8 Å². The zero-order valence-electron chi connectivity index (χ0n) is 9.40. The number of aliphatic carboxylic acids is 1. The van der Waals surface area contributed by atoms with Gasteiger partial charge in [-0.05, 0) is 6.07 Å². The number of alkyl halides is 3. The summed E-state index contributed by atoms with van der Waals surface area (Å²) in [6, 6.07) is 2.21. The van der Waals surface area contributed by atoms with E-state index in [-0.39, 0.29) is 11.4 Å². The highest BCUT2D eigenvalue weighted by molar-refractivity contribution is 5.95. The van der Waals surface area contributed by atoms with Gasteiger partial charge >= 0.3 is 12.1 Å². The topological polar surface area (TPSA) is 88.5 Å². The number of hydrogen-bond acceptors (Lipinski definition) is 4. The molecule has 0 unspecified atom stereocenters. The molecule has 0 aliphatic carbocycles. The van der Waals surface area contributed by atoms with Crippen molar-refractivity contribution in [3.8, 4) is 5.88 Å². The lowest BCUT2D eigenvalue weighted by molar-refractivity contribution is -0.154. The van der Waals surface area contributed by atoms with Crippen molar-refractivity contribution in [3.63, 3.8) is 0 Å². The van der Waals surface area contributed by atoms with Gasteiger partial charge in [-0.2, -0.15) is 13.2 Å². The smallest absolute Gasteiger partial charge is 0.422 e. The predicted molar refractivity (Wildman–Crippen MR) is 55.8 cm³/mol. The molecule has 0 saturated carbocycles. The van der Waals surface area contributed by atoms with Crippen molar-refractivity contribution < 1.29 is 32.6 Å². The summed E-state index contributed by atoms with van der Waals surface area (Å²) in [5.74, 6) is -2.36. The van der Waals surface area contributed by atoms with Gasteiger partial charge in [0.15, 0.2) is 6.61 Å². The maximum absolute atomic E-state index is 11.9. The van der Waals surface area contributed by atoms with Crippen LogP contribution in [0, 0.1) is 0 Å². The summed E-state index contributed by atoms with van der Waals surface area (Å²) >= 11 is 0. The molecule has 1 rings (SSSR count). The lowest BCUT2D eigenvalue weighted by atomic mass is 10.2. The molecule has 0 fully saturated rings. The molecule has 0 spiro atoms. The Kier molecular flexibility index (Phi) is 4.67. The van der Waals surface area contributed by atoms with Crippen LogP contribution in [0.5, 0.6) is 5.88 Å². The molecule has 0 aliphatic rings. The fourth-order valence-electron chi connectivity index (χ4n) is 1.04. The zero-order valence-corrected chi connectivity index (χ0v) is 9.40. The maximum atomic E-state index is 11.9. The number of nitrogens with zero attached hydrogens (tertiary/aromatic N) is 1. The van der Waals surface area contributed by atoms with Crippen LogP contribution in [0.4, 0.5) is 13.2 Å². The predicted octanol–water partition coefficient (Wildman–Crippen LogP) is 0.837. The highest BCUT2D eigenvalue weighted by atomic mass is 19.4. The van der Waals surface area contributed by atoms with Gasteiger partial charge in [-0.3, -0.25) is 9.59 Å². The zero-order chi connectivity index (χ0) is 14.5. The molecule has 0 aromatic carbocycles. The number of aromatic nitrogens is 1. The number of halogens is 3. The van der Waals surface area contributed by atoms with Crippen LogP contribution in [0.2, 0.25) is 0 Å². The Hall–Kier alpha value is -2.32. The first-order chi connectivity index (χ1) is 8.78. The van der Waals surface area contributed by atoms with Gasteiger partial charge in [-0.25, -0.2) is 4.98 Å². The minimum absolute atomic E-state index is 0.0478. The minimum atomic E-state index is -4.51. The summed E-state index contributed by atoms with van der Waals surface area (Å²) in [7, 11) is 0. The number of carboxylic acids is 1. The van der Waals surface area contributed by atoms with Crippen LogP contribution in [0.25, 0.3) is 0 Å². The molecule has 1 aromatic heterocycles. The van der Waals surface area contributed by atoms with Gasteiger partial charge in [0.2, 0.25) is 5.88 Å². The normalized spacial score (nSPS) is 10.9. The van der Waals surface area contributed by atoms with Crippen LogP contribution in [0.3, 0.4) is 0 Å². The van der Waals surface area contributed by atoms with E-state index in [1.54, 1.807) is 0 Å². The first-order valence-electron chi connectivity index (χ1n) is 4.93. The molecule has 9 heteroatoms. The van der Waals surface area contributed by atoms with E-state index in [0.717, 1.165) is 12.3 Å². The molecule has 104 valence electrons. The average Bonchev–Trinajstić information content (AvgIpc) is 2.33. The van der Waals surface area contributed by atoms with Crippen LogP contribution in [-0.4, -0.2) is 41.3 Å². The number of pyridine rings is 1. The lowest BCUT2D eigenvalue weighted by Crippen LogP contribution is -2.29. The highest BCUT2D eigenvalue weighted by Gasteiger charge is 2.28. The van der Waals surface area contributed by atoms with E-state index >= 15 is 0 Å². The molecule has 19 heavy (non-hydrogen) atoms. The third kappa shape index (κ3) is 5.70.